The zero-order valence-electron chi connectivity index (χ0n) is 9.29. The van der Waals surface area contributed by atoms with Crippen molar-refractivity contribution in [2.24, 2.45) is 11.8 Å². The van der Waals surface area contributed by atoms with Gasteiger partial charge in [-0.3, -0.25) is 0 Å². The molecule has 3 unspecified atom stereocenters. The summed E-state index contributed by atoms with van der Waals surface area (Å²) in [7, 11) is 0. The van der Waals surface area contributed by atoms with E-state index in [2.05, 4.69) is 39.7 Å². The first-order chi connectivity index (χ1) is 7.25. The van der Waals surface area contributed by atoms with Gasteiger partial charge in [0.1, 0.15) is 0 Å². The van der Waals surface area contributed by atoms with Gasteiger partial charge in [-0.25, -0.2) is 0 Å². The maximum atomic E-state index is 3.85. The van der Waals surface area contributed by atoms with Gasteiger partial charge >= 0.3 is 0 Å². The van der Waals surface area contributed by atoms with Crippen molar-refractivity contribution in [1.82, 2.24) is 0 Å². The van der Waals surface area contributed by atoms with Gasteiger partial charge in [0.15, 0.2) is 0 Å². The Bertz CT molecular complexity index is 281. The molecule has 0 aromatic carbocycles. The van der Waals surface area contributed by atoms with Crippen molar-refractivity contribution in [1.29, 1.82) is 0 Å². The van der Waals surface area contributed by atoms with E-state index in [0.717, 1.165) is 16.7 Å². The van der Waals surface area contributed by atoms with E-state index in [0.29, 0.717) is 0 Å². The molecule has 0 amide bonds. The average molecular weight is 287 g/mol. The molecule has 1 saturated carbocycles. The summed E-state index contributed by atoms with van der Waals surface area (Å²) < 4.78 is 0. The lowest BCUT2D eigenvalue weighted by Crippen LogP contribution is -2.24. The summed E-state index contributed by atoms with van der Waals surface area (Å²) in [5.74, 6) is 1.83. The summed E-state index contributed by atoms with van der Waals surface area (Å²) in [6.07, 6.45) is 6.82. The first-order valence-corrected chi connectivity index (χ1v) is 7.76. The molecule has 1 fully saturated rings. The van der Waals surface area contributed by atoms with Crippen LogP contribution in [0, 0.1) is 11.8 Å². The lowest BCUT2D eigenvalue weighted by molar-refractivity contribution is 0.282. The van der Waals surface area contributed by atoms with Crippen molar-refractivity contribution in [3.63, 3.8) is 0 Å². The summed E-state index contributed by atoms with van der Waals surface area (Å²) in [5.41, 5.74) is 1.53. The van der Waals surface area contributed by atoms with Crippen molar-refractivity contribution >= 4 is 27.3 Å². The Morgan fingerprint density at radius 1 is 1.47 bits per heavy atom. The Kier molecular flexibility index (Phi) is 4.27. The Balaban J connectivity index is 1.82. The summed E-state index contributed by atoms with van der Waals surface area (Å²) in [6.45, 7) is 2.40. The number of aryl methyl sites for hydroxylation is 1. The highest BCUT2D eigenvalue weighted by molar-refractivity contribution is 9.09. The molecule has 0 N–H and O–H groups in total. The number of rotatable bonds is 3. The molecule has 1 heterocycles. The van der Waals surface area contributed by atoms with E-state index < -0.39 is 0 Å². The van der Waals surface area contributed by atoms with Gasteiger partial charge < -0.3 is 0 Å². The SMILES string of the molecule is CC1CCC(Br)C(CCc2ccsc2)C1. The first kappa shape index (κ1) is 11.7. The van der Waals surface area contributed by atoms with E-state index in [-0.39, 0.29) is 0 Å². The second kappa shape index (κ2) is 5.49. The predicted octanol–water partition coefficient (Wildman–Crippen LogP) is 4.88. The molecule has 1 aromatic heterocycles. The van der Waals surface area contributed by atoms with E-state index in [9.17, 15) is 0 Å². The monoisotopic (exact) mass is 286 g/mol. The largest absolute Gasteiger partial charge is 0.152 e. The minimum atomic E-state index is 0.771. The second-order valence-corrected chi connectivity index (χ2v) is 6.82. The summed E-state index contributed by atoms with van der Waals surface area (Å²) >= 11 is 5.66. The number of hydrogen-bond acceptors (Lipinski definition) is 1. The third-order valence-electron chi connectivity index (χ3n) is 3.54. The Hall–Kier alpha value is 0.180. The summed E-state index contributed by atoms with van der Waals surface area (Å²) in [4.78, 5) is 0.771. The van der Waals surface area contributed by atoms with Crippen LogP contribution in [0.15, 0.2) is 16.8 Å². The van der Waals surface area contributed by atoms with Crippen molar-refractivity contribution in [2.75, 3.05) is 0 Å². The maximum absolute atomic E-state index is 3.85. The van der Waals surface area contributed by atoms with Gasteiger partial charge in [0, 0.05) is 4.83 Å². The highest BCUT2D eigenvalue weighted by Crippen LogP contribution is 2.36. The van der Waals surface area contributed by atoms with E-state index in [1.807, 2.05) is 11.3 Å². The molecule has 1 aliphatic rings. The predicted molar refractivity (Wildman–Crippen MR) is 71.9 cm³/mol. The van der Waals surface area contributed by atoms with Crippen molar-refractivity contribution in [3.8, 4) is 0 Å². The molecule has 0 saturated heterocycles. The van der Waals surface area contributed by atoms with Crippen LogP contribution in [0.1, 0.15) is 38.2 Å². The standard InChI is InChI=1S/C13H19BrS/c1-10-2-5-13(14)12(8-10)4-3-11-6-7-15-9-11/h6-7,9-10,12-13H,2-5,8H2,1H3. The zero-order chi connectivity index (χ0) is 10.7. The van der Waals surface area contributed by atoms with Gasteiger partial charge in [-0.2, -0.15) is 11.3 Å². The molecule has 0 radical (unpaired) electrons. The number of hydrogen-bond donors (Lipinski definition) is 0. The Morgan fingerprint density at radius 2 is 2.33 bits per heavy atom. The molecular formula is C13H19BrS. The third-order valence-corrected chi connectivity index (χ3v) is 5.47. The van der Waals surface area contributed by atoms with Crippen LogP contribution in [-0.2, 0) is 6.42 Å². The molecule has 1 aromatic rings. The van der Waals surface area contributed by atoms with Gasteiger partial charge in [0.2, 0.25) is 0 Å². The molecule has 2 rings (SSSR count). The van der Waals surface area contributed by atoms with Crippen LogP contribution >= 0.6 is 27.3 Å². The molecule has 0 spiro atoms. The van der Waals surface area contributed by atoms with Crippen molar-refractivity contribution in [2.45, 2.75) is 43.9 Å². The zero-order valence-corrected chi connectivity index (χ0v) is 11.7. The topological polar surface area (TPSA) is 0 Å². The van der Waals surface area contributed by atoms with Crippen LogP contribution in [0.5, 0.6) is 0 Å². The molecule has 3 atom stereocenters. The van der Waals surface area contributed by atoms with E-state index in [1.54, 1.807) is 0 Å². The molecule has 0 nitrogen and oxygen atoms in total. The number of thiophene rings is 1. The first-order valence-electron chi connectivity index (χ1n) is 5.91. The van der Waals surface area contributed by atoms with Gasteiger partial charge in [0.25, 0.3) is 0 Å². The molecule has 15 heavy (non-hydrogen) atoms. The minimum Gasteiger partial charge on any atom is -0.152 e. The minimum absolute atomic E-state index is 0.771. The Labute approximate surface area is 105 Å². The summed E-state index contributed by atoms with van der Waals surface area (Å²) in [6, 6.07) is 2.26. The quantitative estimate of drug-likeness (QED) is 0.695. The van der Waals surface area contributed by atoms with Crippen LogP contribution in [0.3, 0.4) is 0 Å². The molecule has 0 bridgehead atoms. The lowest BCUT2D eigenvalue weighted by atomic mass is 9.80. The fraction of sp³-hybridized carbons (Fsp3) is 0.692. The fourth-order valence-corrected chi connectivity index (χ4v) is 4.00. The van der Waals surface area contributed by atoms with E-state index in [1.165, 1.54) is 37.7 Å². The van der Waals surface area contributed by atoms with Crippen LogP contribution in [-0.4, -0.2) is 4.83 Å². The van der Waals surface area contributed by atoms with Crippen molar-refractivity contribution in [3.05, 3.63) is 22.4 Å². The molecular weight excluding hydrogens is 268 g/mol. The van der Waals surface area contributed by atoms with Crippen molar-refractivity contribution < 1.29 is 0 Å². The van der Waals surface area contributed by atoms with Crippen LogP contribution in [0.25, 0.3) is 0 Å². The summed E-state index contributed by atoms with van der Waals surface area (Å²) in [5, 5.41) is 4.47. The molecule has 0 aliphatic heterocycles. The smallest absolute Gasteiger partial charge is 0.0174 e. The van der Waals surface area contributed by atoms with Gasteiger partial charge in [0.05, 0.1) is 0 Å². The van der Waals surface area contributed by atoms with E-state index in [4.69, 9.17) is 0 Å². The molecule has 2 heteroatoms. The molecule has 84 valence electrons. The number of alkyl halides is 1. The highest BCUT2D eigenvalue weighted by Gasteiger charge is 2.26. The van der Waals surface area contributed by atoms with Crippen LogP contribution in [0.4, 0.5) is 0 Å². The van der Waals surface area contributed by atoms with Gasteiger partial charge in [-0.05, 0) is 66.3 Å². The number of halogens is 1. The van der Waals surface area contributed by atoms with Gasteiger partial charge in [-0.1, -0.05) is 22.9 Å². The van der Waals surface area contributed by atoms with Crippen LogP contribution in [0.2, 0.25) is 0 Å². The van der Waals surface area contributed by atoms with E-state index >= 15 is 0 Å². The fourth-order valence-electron chi connectivity index (χ4n) is 2.55. The normalized spacial score (nSPS) is 31.7. The second-order valence-electron chi connectivity index (χ2n) is 4.86. The Morgan fingerprint density at radius 3 is 3.07 bits per heavy atom. The highest BCUT2D eigenvalue weighted by atomic mass is 79.9. The molecule has 1 aliphatic carbocycles. The van der Waals surface area contributed by atoms with Gasteiger partial charge in [-0.15, -0.1) is 0 Å². The average Bonchev–Trinajstić information content (AvgIpc) is 2.72. The van der Waals surface area contributed by atoms with Crippen LogP contribution < -0.4 is 0 Å². The maximum Gasteiger partial charge on any atom is 0.0174 e. The lowest BCUT2D eigenvalue weighted by Gasteiger charge is -2.31. The third kappa shape index (κ3) is 3.32.